The summed E-state index contributed by atoms with van der Waals surface area (Å²) in [5, 5.41) is 3.59. The molecule has 0 heterocycles. The predicted molar refractivity (Wildman–Crippen MR) is 78.0 cm³/mol. The molecule has 1 nitrogen and oxygen atoms in total. The molecule has 1 atom stereocenters. The van der Waals surface area contributed by atoms with Gasteiger partial charge in [0, 0.05) is 6.04 Å². The topological polar surface area (TPSA) is 12.0 Å². The van der Waals surface area contributed by atoms with E-state index in [1.807, 2.05) is 18.2 Å². The Hall–Kier alpha value is -1.38. The van der Waals surface area contributed by atoms with Gasteiger partial charge in [-0.25, -0.2) is 4.39 Å². The summed E-state index contributed by atoms with van der Waals surface area (Å²) >= 11 is 5.79. The molecule has 3 heteroatoms. The molecule has 19 heavy (non-hydrogen) atoms. The Balaban J connectivity index is 1.87. The molecular weight excluding hydrogens is 261 g/mol. The average Bonchev–Trinajstić information content (AvgIpc) is 2.43. The van der Waals surface area contributed by atoms with Crippen LogP contribution in [0.1, 0.15) is 24.1 Å². The van der Waals surface area contributed by atoms with Crippen molar-refractivity contribution in [3.63, 3.8) is 0 Å². The molecular formula is C16H17ClFN. The fourth-order valence-corrected chi connectivity index (χ4v) is 2.17. The van der Waals surface area contributed by atoms with Crippen LogP contribution in [0.4, 0.5) is 4.39 Å². The van der Waals surface area contributed by atoms with Crippen molar-refractivity contribution in [2.24, 2.45) is 0 Å². The van der Waals surface area contributed by atoms with Gasteiger partial charge < -0.3 is 5.32 Å². The lowest BCUT2D eigenvalue weighted by molar-refractivity contribution is 0.573. The van der Waals surface area contributed by atoms with Crippen LogP contribution >= 0.6 is 11.6 Å². The molecule has 0 spiro atoms. The molecule has 0 aliphatic rings. The van der Waals surface area contributed by atoms with Crippen molar-refractivity contribution in [2.75, 3.05) is 6.54 Å². The summed E-state index contributed by atoms with van der Waals surface area (Å²) in [7, 11) is 0. The molecule has 0 radical (unpaired) electrons. The van der Waals surface area contributed by atoms with Crippen LogP contribution in [-0.4, -0.2) is 6.54 Å². The predicted octanol–water partition coefficient (Wildman–Crippen LogP) is 4.37. The van der Waals surface area contributed by atoms with Crippen molar-refractivity contribution in [3.05, 3.63) is 70.5 Å². The summed E-state index contributed by atoms with van der Waals surface area (Å²) in [6.07, 6.45) is 0.972. The standard InChI is InChI=1S/C16H17ClFN/c1-12(14-7-8-16(18)15(17)11-14)19-10-9-13-5-3-2-4-6-13/h2-8,11-12,19H,9-10H2,1H3. The van der Waals surface area contributed by atoms with Crippen molar-refractivity contribution in [1.29, 1.82) is 0 Å². The van der Waals surface area contributed by atoms with Gasteiger partial charge in [0.05, 0.1) is 5.02 Å². The van der Waals surface area contributed by atoms with Crippen LogP contribution in [0.5, 0.6) is 0 Å². The highest BCUT2D eigenvalue weighted by atomic mass is 35.5. The van der Waals surface area contributed by atoms with E-state index in [2.05, 4.69) is 24.4 Å². The Kier molecular flexibility index (Phi) is 4.94. The molecule has 0 aliphatic carbocycles. The molecule has 1 N–H and O–H groups in total. The Labute approximate surface area is 118 Å². The first-order chi connectivity index (χ1) is 9.16. The molecule has 0 amide bonds. The van der Waals surface area contributed by atoms with Crippen molar-refractivity contribution >= 4 is 11.6 Å². The van der Waals surface area contributed by atoms with Gasteiger partial charge >= 0.3 is 0 Å². The maximum absolute atomic E-state index is 13.1. The van der Waals surface area contributed by atoms with E-state index < -0.39 is 0 Å². The van der Waals surface area contributed by atoms with Crippen LogP contribution < -0.4 is 5.32 Å². The third-order valence-corrected chi connectivity index (χ3v) is 3.44. The maximum atomic E-state index is 13.1. The minimum Gasteiger partial charge on any atom is -0.310 e. The Morgan fingerprint density at radius 2 is 1.89 bits per heavy atom. The highest BCUT2D eigenvalue weighted by Gasteiger charge is 2.07. The van der Waals surface area contributed by atoms with Crippen LogP contribution in [0, 0.1) is 5.82 Å². The van der Waals surface area contributed by atoms with E-state index in [9.17, 15) is 4.39 Å². The van der Waals surface area contributed by atoms with Gasteiger partial charge in [-0.15, -0.1) is 0 Å². The van der Waals surface area contributed by atoms with Gasteiger partial charge in [-0.2, -0.15) is 0 Å². The Morgan fingerprint density at radius 1 is 1.16 bits per heavy atom. The summed E-state index contributed by atoms with van der Waals surface area (Å²) in [6.45, 7) is 2.93. The minimum atomic E-state index is -0.373. The molecule has 2 aromatic carbocycles. The summed E-state index contributed by atoms with van der Waals surface area (Å²) in [5.74, 6) is -0.373. The van der Waals surface area contributed by atoms with E-state index in [4.69, 9.17) is 11.6 Å². The molecule has 0 bridgehead atoms. The fourth-order valence-electron chi connectivity index (χ4n) is 1.98. The molecule has 2 rings (SSSR count). The number of benzene rings is 2. The number of hydrogen-bond donors (Lipinski definition) is 1. The van der Waals surface area contributed by atoms with E-state index in [-0.39, 0.29) is 16.9 Å². The normalized spacial score (nSPS) is 12.4. The van der Waals surface area contributed by atoms with Crippen molar-refractivity contribution < 1.29 is 4.39 Å². The van der Waals surface area contributed by atoms with Gasteiger partial charge in [0.15, 0.2) is 0 Å². The number of hydrogen-bond acceptors (Lipinski definition) is 1. The Bertz CT molecular complexity index is 528. The zero-order valence-corrected chi connectivity index (χ0v) is 11.6. The number of rotatable bonds is 5. The highest BCUT2D eigenvalue weighted by molar-refractivity contribution is 6.30. The quantitative estimate of drug-likeness (QED) is 0.856. The van der Waals surface area contributed by atoms with Crippen molar-refractivity contribution in [3.8, 4) is 0 Å². The lowest BCUT2D eigenvalue weighted by atomic mass is 10.1. The van der Waals surface area contributed by atoms with E-state index in [1.54, 1.807) is 12.1 Å². The largest absolute Gasteiger partial charge is 0.310 e. The second kappa shape index (κ2) is 6.69. The molecule has 0 saturated heterocycles. The van der Waals surface area contributed by atoms with Gasteiger partial charge in [-0.3, -0.25) is 0 Å². The first kappa shape index (κ1) is 14.0. The first-order valence-electron chi connectivity index (χ1n) is 6.39. The third kappa shape index (κ3) is 4.05. The zero-order valence-electron chi connectivity index (χ0n) is 10.9. The summed E-state index contributed by atoms with van der Waals surface area (Å²) < 4.78 is 13.1. The molecule has 0 aliphatic heterocycles. The lowest BCUT2D eigenvalue weighted by Gasteiger charge is -2.14. The fraction of sp³-hybridized carbons (Fsp3) is 0.250. The van der Waals surface area contributed by atoms with Crippen molar-refractivity contribution in [2.45, 2.75) is 19.4 Å². The van der Waals surface area contributed by atoms with Crippen LogP contribution in [0.2, 0.25) is 5.02 Å². The molecule has 1 unspecified atom stereocenters. The minimum absolute atomic E-state index is 0.154. The van der Waals surface area contributed by atoms with Crippen LogP contribution in [0.25, 0.3) is 0 Å². The molecule has 0 saturated carbocycles. The van der Waals surface area contributed by atoms with Gasteiger partial charge in [0.1, 0.15) is 5.82 Å². The molecule has 2 aromatic rings. The molecule has 0 aromatic heterocycles. The first-order valence-corrected chi connectivity index (χ1v) is 6.77. The highest BCUT2D eigenvalue weighted by Crippen LogP contribution is 2.20. The van der Waals surface area contributed by atoms with E-state index in [0.29, 0.717) is 0 Å². The van der Waals surface area contributed by atoms with Gasteiger partial charge in [-0.1, -0.05) is 48.0 Å². The summed E-state index contributed by atoms with van der Waals surface area (Å²) in [4.78, 5) is 0. The number of nitrogens with one attached hydrogen (secondary N) is 1. The SMILES string of the molecule is CC(NCCc1ccccc1)c1ccc(F)c(Cl)c1. The van der Waals surface area contributed by atoms with E-state index in [0.717, 1.165) is 18.5 Å². The zero-order chi connectivity index (χ0) is 13.7. The maximum Gasteiger partial charge on any atom is 0.141 e. The summed E-state index contributed by atoms with van der Waals surface area (Å²) in [5.41, 5.74) is 2.30. The van der Waals surface area contributed by atoms with Crippen LogP contribution in [0.3, 0.4) is 0 Å². The second-order valence-electron chi connectivity index (χ2n) is 4.58. The smallest absolute Gasteiger partial charge is 0.141 e. The molecule has 100 valence electrons. The monoisotopic (exact) mass is 277 g/mol. The third-order valence-electron chi connectivity index (χ3n) is 3.15. The molecule has 0 fully saturated rings. The van der Waals surface area contributed by atoms with E-state index in [1.165, 1.54) is 11.6 Å². The van der Waals surface area contributed by atoms with Crippen molar-refractivity contribution in [1.82, 2.24) is 5.32 Å². The number of halogens is 2. The lowest BCUT2D eigenvalue weighted by Crippen LogP contribution is -2.21. The second-order valence-corrected chi connectivity index (χ2v) is 4.99. The van der Waals surface area contributed by atoms with Gasteiger partial charge in [0.25, 0.3) is 0 Å². The average molecular weight is 278 g/mol. The van der Waals surface area contributed by atoms with Crippen LogP contribution in [0.15, 0.2) is 48.5 Å². The summed E-state index contributed by atoms with van der Waals surface area (Å²) in [6, 6.07) is 15.3. The van der Waals surface area contributed by atoms with Crippen LogP contribution in [-0.2, 0) is 6.42 Å². The Morgan fingerprint density at radius 3 is 2.58 bits per heavy atom. The van der Waals surface area contributed by atoms with Gasteiger partial charge in [-0.05, 0) is 43.1 Å². The van der Waals surface area contributed by atoms with E-state index >= 15 is 0 Å². The van der Waals surface area contributed by atoms with Gasteiger partial charge in [0.2, 0.25) is 0 Å².